The van der Waals surface area contributed by atoms with Gasteiger partial charge in [0.25, 0.3) is 0 Å². The third-order valence-electron chi connectivity index (χ3n) is 5.93. The molecule has 1 aromatic heterocycles. The molecule has 0 radical (unpaired) electrons. The maximum Gasteiger partial charge on any atom is 0.234 e. The largest absolute Gasteiger partial charge is 0.424 e. The van der Waals surface area contributed by atoms with E-state index in [0.29, 0.717) is 23.4 Å². The number of amides is 1. The number of piperidine rings is 1. The van der Waals surface area contributed by atoms with Gasteiger partial charge < -0.3 is 19.0 Å². The van der Waals surface area contributed by atoms with E-state index >= 15 is 0 Å². The minimum atomic E-state index is 0.0557. The Morgan fingerprint density at radius 2 is 2.00 bits per heavy atom. The second-order valence-electron chi connectivity index (χ2n) is 7.55. The van der Waals surface area contributed by atoms with Gasteiger partial charge >= 0.3 is 0 Å². The summed E-state index contributed by atoms with van der Waals surface area (Å²) >= 11 is 0. The number of aromatic nitrogens is 1. The number of nitriles is 1. The second-order valence-corrected chi connectivity index (χ2v) is 7.55. The third kappa shape index (κ3) is 3.18. The van der Waals surface area contributed by atoms with E-state index < -0.39 is 0 Å². The summed E-state index contributed by atoms with van der Waals surface area (Å²) in [5, 5.41) is 9.21. The average molecular weight is 358 g/mol. The Labute approximate surface area is 153 Å². The van der Waals surface area contributed by atoms with E-state index in [1.165, 1.54) is 0 Å². The zero-order chi connectivity index (χ0) is 18.1. The summed E-state index contributed by atoms with van der Waals surface area (Å²) in [6, 6.07) is 2.36. The fourth-order valence-electron chi connectivity index (χ4n) is 4.63. The van der Waals surface area contributed by atoms with Crippen molar-refractivity contribution in [3.63, 3.8) is 0 Å². The standard InChI is InChI=1S/C19H26N4O3/c1-13-21-15(12-20)19(26-13)22-9-6-14(7-10-22)18(24)23-8-3-11-25-17-5-2-4-16(17)23/h14,16-17H,2-11H2,1H3/t16-,17-/m1/s1. The molecule has 0 aromatic carbocycles. The minimum absolute atomic E-state index is 0.0557. The third-order valence-corrected chi connectivity index (χ3v) is 5.93. The molecule has 3 aliphatic rings. The molecule has 2 atom stereocenters. The molecule has 0 bridgehead atoms. The summed E-state index contributed by atoms with van der Waals surface area (Å²) < 4.78 is 11.6. The van der Waals surface area contributed by atoms with Gasteiger partial charge in [-0.3, -0.25) is 4.79 Å². The molecule has 1 aromatic rings. The Morgan fingerprint density at radius 1 is 1.19 bits per heavy atom. The van der Waals surface area contributed by atoms with Gasteiger partial charge in [0.05, 0.1) is 12.1 Å². The van der Waals surface area contributed by atoms with E-state index in [9.17, 15) is 10.1 Å². The highest BCUT2D eigenvalue weighted by Gasteiger charge is 2.40. The number of anilines is 1. The molecule has 0 unspecified atom stereocenters. The van der Waals surface area contributed by atoms with Crippen LogP contribution >= 0.6 is 0 Å². The van der Waals surface area contributed by atoms with Crippen molar-refractivity contribution in [3.8, 4) is 6.07 Å². The normalized spacial score (nSPS) is 27.1. The fraction of sp³-hybridized carbons (Fsp3) is 0.737. The van der Waals surface area contributed by atoms with Crippen LogP contribution < -0.4 is 4.90 Å². The highest BCUT2D eigenvalue weighted by atomic mass is 16.5. The van der Waals surface area contributed by atoms with Crippen molar-refractivity contribution in [1.82, 2.24) is 9.88 Å². The maximum absolute atomic E-state index is 13.2. The summed E-state index contributed by atoms with van der Waals surface area (Å²) in [7, 11) is 0. The predicted octanol–water partition coefficient (Wildman–Crippen LogP) is 2.24. The molecule has 2 saturated heterocycles. The summed E-state index contributed by atoms with van der Waals surface area (Å²) in [4.78, 5) is 21.5. The van der Waals surface area contributed by atoms with Gasteiger partial charge in [0, 0.05) is 39.1 Å². The highest BCUT2D eigenvalue weighted by molar-refractivity contribution is 5.79. The van der Waals surface area contributed by atoms with Crippen LogP contribution in [0.5, 0.6) is 0 Å². The van der Waals surface area contributed by atoms with Crippen LogP contribution in [0.3, 0.4) is 0 Å². The van der Waals surface area contributed by atoms with E-state index in [0.717, 1.165) is 64.8 Å². The highest BCUT2D eigenvalue weighted by Crippen LogP contribution is 2.33. The zero-order valence-electron chi connectivity index (χ0n) is 15.3. The predicted molar refractivity (Wildman–Crippen MR) is 94.6 cm³/mol. The Morgan fingerprint density at radius 3 is 2.77 bits per heavy atom. The molecule has 3 fully saturated rings. The van der Waals surface area contributed by atoms with Crippen molar-refractivity contribution >= 4 is 11.8 Å². The molecule has 0 spiro atoms. The maximum atomic E-state index is 13.2. The molecule has 26 heavy (non-hydrogen) atoms. The molecule has 7 heteroatoms. The fourth-order valence-corrected chi connectivity index (χ4v) is 4.63. The van der Waals surface area contributed by atoms with Crippen molar-refractivity contribution in [2.24, 2.45) is 5.92 Å². The number of oxazole rings is 1. The van der Waals surface area contributed by atoms with Gasteiger partial charge in [0.2, 0.25) is 17.5 Å². The molecule has 7 nitrogen and oxygen atoms in total. The lowest BCUT2D eigenvalue weighted by atomic mass is 9.94. The Balaban J connectivity index is 1.41. The van der Waals surface area contributed by atoms with Crippen molar-refractivity contribution in [2.75, 3.05) is 31.1 Å². The van der Waals surface area contributed by atoms with Crippen LogP contribution in [0.4, 0.5) is 5.88 Å². The van der Waals surface area contributed by atoms with Gasteiger partial charge in [0.15, 0.2) is 5.89 Å². The number of aryl methyl sites for hydroxylation is 1. The Bertz CT molecular complexity index is 702. The molecule has 1 aliphatic carbocycles. The molecule has 0 N–H and O–H groups in total. The van der Waals surface area contributed by atoms with Crippen LogP contribution in [0.25, 0.3) is 0 Å². The summed E-state index contributed by atoms with van der Waals surface area (Å²) in [6.07, 6.45) is 6.04. The molecule has 1 amide bonds. The number of ether oxygens (including phenoxy) is 1. The average Bonchev–Trinajstić information content (AvgIpc) is 3.23. The number of fused-ring (bicyclic) bond motifs is 1. The molecule has 3 heterocycles. The van der Waals surface area contributed by atoms with E-state index in [2.05, 4.69) is 16.0 Å². The lowest BCUT2D eigenvalue weighted by Crippen LogP contribution is -2.48. The smallest absolute Gasteiger partial charge is 0.234 e. The van der Waals surface area contributed by atoms with Crippen molar-refractivity contribution < 1.29 is 13.9 Å². The number of rotatable bonds is 2. The van der Waals surface area contributed by atoms with Crippen molar-refractivity contribution in [1.29, 1.82) is 5.26 Å². The first-order valence-electron chi connectivity index (χ1n) is 9.72. The van der Waals surface area contributed by atoms with E-state index in [1.54, 1.807) is 6.92 Å². The van der Waals surface area contributed by atoms with E-state index in [-0.39, 0.29) is 18.1 Å². The topological polar surface area (TPSA) is 82.6 Å². The molecule has 4 rings (SSSR count). The first kappa shape index (κ1) is 17.3. The van der Waals surface area contributed by atoms with Crippen molar-refractivity contribution in [3.05, 3.63) is 11.6 Å². The summed E-state index contributed by atoms with van der Waals surface area (Å²) in [6.45, 7) is 4.78. The van der Waals surface area contributed by atoms with Gasteiger partial charge in [-0.05, 0) is 38.5 Å². The van der Waals surface area contributed by atoms with Gasteiger partial charge in [-0.25, -0.2) is 4.98 Å². The SMILES string of the molecule is Cc1nc(C#N)c(N2CCC(C(=O)N3CCCO[C@@H]4CCC[C@H]43)CC2)o1. The van der Waals surface area contributed by atoms with Gasteiger partial charge in [-0.2, -0.15) is 5.26 Å². The number of carbonyl (C=O) groups excluding carboxylic acids is 1. The van der Waals surface area contributed by atoms with Gasteiger partial charge in [-0.15, -0.1) is 0 Å². The van der Waals surface area contributed by atoms with Crippen molar-refractivity contribution in [2.45, 2.75) is 57.6 Å². The summed E-state index contributed by atoms with van der Waals surface area (Å²) in [5.74, 6) is 1.41. The van der Waals surface area contributed by atoms with Crippen LogP contribution in [0, 0.1) is 24.2 Å². The summed E-state index contributed by atoms with van der Waals surface area (Å²) in [5.41, 5.74) is 0.339. The second kappa shape index (κ2) is 7.28. The first-order valence-corrected chi connectivity index (χ1v) is 9.72. The molecular weight excluding hydrogens is 332 g/mol. The van der Waals surface area contributed by atoms with Crippen LogP contribution in [-0.4, -0.2) is 54.2 Å². The molecular formula is C19H26N4O3. The van der Waals surface area contributed by atoms with Gasteiger partial charge in [-0.1, -0.05) is 0 Å². The molecule has 140 valence electrons. The van der Waals surface area contributed by atoms with Crippen LogP contribution in [0.2, 0.25) is 0 Å². The number of hydrogen-bond acceptors (Lipinski definition) is 6. The van der Waals surface area contributed by atoms with Crippen LogP contribution in [0.1, 0.15) is 50.1 Å². The van der Waals surface area contributed by atoms with E-state index in [4.69, 9.17) is 9.15 Å². The zero-order valence-corrected chi connectivity index (χ0v) is 15.3. The monoisotopic (exact) mass is 358 g/mol. The van der Waals surface area contributed by atoms with E-state index in [1.807, 2.05) is 4.90 Å². The first-order chi connectivity index (χ1) is 12.7. The van der Waals surface area contributed by atoms with Crippen LogP contribution in [-0.2, 0) is 9.53 Å². The number of carbonyl (C=O) groups is 1. The van der Waals surface area contributed by atoms with Crippen LogP contribution in [0.15, 0.2) is 4.42 Å². The quantitative estimate of drug-likeness (QED) is 0.806. The molecule has 2 aliphatic heterocycles. The molecule has 1 saturated carbocycles. The minimum Gasteiger partial charge on any atom is -0.424 e. The Kier molecular flexibility index (Phi) is 4.86. The Hall–Kier alpha value is -2.07. The number of hydrogen-bond donors (Lipinski definition) is 0. The lowest BCUT2D eigenvalue weighted by molar-refractivity contribution is -0.139. The number of nitrogens with zero attached hydrogens (tertiary/aromatic N) is 4. The van der Waals surface area contributed by atoms with Gasteiger partial charge in [0.1, 0.15) is 6.07 Å². The lowest BCUT2D eigenvalue weighted by Gasteiger charge is -2.36.